The Hall–Kier alpha value is -0.580. The second kappa shape index (κ2) is 10.3. The number of benzene rings is 1. The molecule has 1 heterocycles. The monoisotopic (exact) mass is 402 g/mol. The Labute approximate surface area is 154 Å². The van der Waals surface area contributed by atoms with Crippen molar-refractivity contribution >= 4 is 34.2 Å². The molecule has 1 amide bonds. The van der Waals surface area contributed by atoms with Gasteiger partial charge in [-0.05, 0) is 62.7 Å². The van der Waals surface area contributed by atoms with Crippen LogP contribution in [0.25, 0.3) is 0 Å². The van der Waals surface area contributed by atoms with Crippen LogP contribution in [-0.2, 0) is 11.2 Å². The molecule has 5 heteroatoms. The number of carbonyl (C=O) groups excluding carboxylic acids is 1. The molecule has 130 valence electrons. The summed E-state index contributed by atoms with van der Waals surface area (Å²) >= 11 is 3.56. The number of nitrogens with one attached hydrogen (secondary N) is 2. The molecule has 2 N–H and O–H groups in total. The number of rotatable bonds is 6. The van der Waals surface area contributed by atoms with Gasteiger partial charge in [-0.2, -0.15) is 0 Å². The van der Waals surface area contributed by atoms with E-state index < -0.39 is 0 Å². The Kier molecular flexibility index (Phi) is 9.18. The fraction of sp³-hybridized carbons (Fsp3) is 0.611. The average molecular weight is 404 g/mol. The van der Waals surface area contributed by atoms with Crippen LogP contribution in [0.2, 0.25) is 0 Å². The number of piperidine rings is 1. The lowest BCUT2D eigenvalue weighted by Gasteiger charge is -2.28. The summed E-state index contributed by atoms with van der Waals surface area (Å²) in [5.41, 5.74) is 1.24. The highest BCUT2D eigenvalue weighted by Crippen LogP contribution is 2.22. The zero-order chi connectivity index (χ0) is 15.9. The third kappa shape index (κ3) is 6.82. The van der Waals surface area contributed by atoms with Gasteiger partial charge in [-0.15, -0.1) is 12.4 Å². The normalized spacial score (nSPS) is 20.2. The third-order valence-corrected chi connectivity index (χ3v) is 5.31. The summed E-state index contributed by atoms with van der Waals surface area (Å²) in [6, 6.07) is 8.34. The zero-order valence-corrected chi connectivity index (χ0v) is 16.4. The molecule has 1 aliphatic heterocycles. The fourth-order valence-corrected chi connectivity index (χ4v) is 3.65. The van der Waals surface area contributed by atoms with E-state index in [1.54, 1.807) is 0 Å². The molecule has 0 spiro atoms. The number of amides is 1. The molecule has 0 aromatic heterocycles. The Bertz CT molecular complexity index is 492. The maximum Gasteiger partial charge on any atom is 0.220 e. The van der Waals surface area contributed by atoms with Crippen LogP contribution >= 0.6 is 28.3 Å². The van der Waals surface area contributed by atoms with Crippen LogP contribution in [-0.4, -0.2) is 25.0 Å². The predicted octanol–water partition coefficient (Wildman–Crippen LogP) is 3.94. The minimum Gasteiger partial charge on any atom is -0.353 e. The molecular weight excluding hydrogens is 376 g/mol. The maximum absolute atomic E-state index is 12.2. The van der Waals surface area contributed by atoms with E-state index >= 15 is 0 Å². The molecule has 3 unspecified atom stereocenters. The summed E-state index contributed by atoms with van der Waals surface area (Å²) in [7, 11) is 0. The van der Waals surface area contributed by atoms with Crippen LogP contribution < -0.4 is 10.6 Å². The minimum atomic E-state index is 0. The van der Waals surface area contributed by atoms with Gasteiger partial charge in [0, 0.05) is 16.9 Å². The SMILES string of the molecule is CC(Cc1ccccc1Br)NC(=O)CC(C)C1CCCNC1.Cl. The van der Waals surface area contributed by atoms with Gasteiger partial charge in [-0.25, -0.2) is 0 Å². The number of hydrogen-bond acceptors (Lipinski definition) is 2. The lowest BCUT2D eigenvalue weighted by atomic mass is 9.85. The molecule has 1 aromatic rings. The summed E-state index contributed by atoms with van der Waals surface area (Å²) in [6.45, 7) is 6.46. The van der Waals surface area contributed by atoms with Gasteiger partial charge in [0.2, 0.25) is 5.91 Å². The van der Waals surface area contributed by atoms with E-state index in [1.165, 1.54) is 18.4 Å². The van der Waals surface area contributed by atoms with Gasteiger partial charge in [-0.3, -0.25) is 4.79 Å². The Morgan fingerprint density at radius 3 is 2.78 bits per heavy atom. The Morgan fingerprint density at radius 1 is 1.39 bits per heavy atom. The molecule has 1 saturated heterocycles. The van der Waals surface area contributed by atoms with E-state index in [2.05, 4.69) is 46.5 Å². The molecule has 1 aromatic carbocycles. The molecule has 23 heavy (non-hydrogen) atoms. The quantitative estimate of drug-likeness (QED) is 0.755. The topological polar surface area (TPSA) is 41.1 Å². The van der Waals surface area contributed by atoms with Gasteiger partial charge >= 0.3 is 0 Å². The highest BCUT2D eigenvalue weighted by molar-refractivity contribution is 9.10. The number of hydrogen-bond donors (Lipinski definition) is 2. The Morgan fingerprint density at radius 2 is 2.13 bits per heavy atom. The van der Waals surface area contributed by atoms with Gasteiger partial charge in [0.25, 0.3) is 0 Å². The van der Waals surface area contributed by atoms with E-state index in [1.807, 2.05) is 18.2 Å². The molecule has 2 rings (SSSR count). The lowest BCUT2D eigenvalue weighted by Crippen LogP contribution is -2.38. The lowest BCUT2D eigenvalue weighted by molar-refractivity contribution is -0.122. The smallest absolute Gasteiger partial charge is 0.220 e. The Balaban J connectivity index is 0.00000264. The van der Waals surface area contributed by atoms with Crippen LogP contribution in [0, 0.1) is 11.8 Å². The zero-order valence-electron chi connectivity index (χ0n) is 14.0. The number of carbonyl (C=O) groups is 1. The minimum absolute atomic E-state index is 0. The molecule has 1 aliphatic rings. The van der Waals surface area contributed by atoms with E-state index in [4.69, 9.17) is 0 Å². The van der Waals surface area contributed by atoms with Crippen LogP contribution in [0.4, 0.5) is 0 Å². The molecule has 0 radical (unpaired) electrons. The van der Waals surface area contributed by atoms with Crippen LogP contribution in [0.5, 0.6) is 0 Å². The molecule has 0 bridgehead atoms. The van der Waals surface area contributed by atoms with E-state index in [9.17, 15) is 4.79 Å². The first kappa shape index (κ1) is 20.5. The molecule has 0 aliphatic carbocycles. The fourth-order valence-electron chi connectivity index (χ4n) is 3.20. The van der Waals surface area contributed by atoms with E-state index in [0.717, 1.165) is 24.0 Å². The molecule has 1 fully saturated rings. The summed E-state index contributed by atoms with van der Waals surface area (Å²) < 4.78 is 1.11. The van der Waals surface area contributed by atoms with Crippen LogP contribution in [0.15, 0.2) is 28.7 Å². The highest BCUT2D eigenvalue weighted by Gasteiger charge is 2.22. The first-order valence-electron chi connectivity index (χ1n) is 8.29. The van der Waals surface area contributed by atoms with Crippen molar-refractivity contribution in [1.29, 1.82) is 0 Å². The maximum atomic E-state index is 12.2. The van der Waals surface area contributed by atoms with Gasteiger partial charge in [0.05, 0.1) is 0 Å². The highest BCUT2D eigenvalue weighted by atomic mass is 79.9. The van der Waals surface area contributed by atoms with Crippen molar-refractivity contribution in [2.24, 2.45) is 11.8 Å². The predicted molar refractivity (Wildman–Crippen MR) is 102 cm³/mol. The first-order chi connectivity index (χ1) is 10.6. The van der Waals surface area contributed by atoms with Crippen molar-refractivity contribution < 1.29 is 4.79 Å². The molecule has 3 atom stereocenters. The summed E-state index contributed by atoms with van der Waals surface area (Å²) in [5.74, 6) is 1.26. The van der Waals surface area contributed by atoms with Gasteiger partial charge in [0.15, 0.2) is 0 Å². The van der Waals surface area contributed by atoms with Crippen molar-refractivity contribution in [1.82, 2.24) is 10.6 Å². The summed E-state index contributed by atoms with van der Waals surface area (Å²) in [4.78, 5) is 12.2. The van der Waals surface area contributed by atoms with Gasteiger partial charge in [0.1, 0.15) is 0 Å². The molecular formula is C18H28BrClN2O. The van der Waals surface area contributed by atoms with E-state index in [0.29, 0.717) is 18.3 Å². The van der Waals surface area contributed by atoms with Gasteiger partial charge < -0.3 is 10.6 Å². The summed E-state index contributed by atoms with van der Waals surface area (Å²) in [5, 5.41) is 6.58. The van der Waals surface area contributed by atoms with Crippen molar-refractivity contribution in [3.05, 3.63) is 34.3 Å². The second-order valence-electron chi connectivity index (χ2n) is 6.55. The third-order valence-electron chi connectivity index (χ3n) is 4.54. The van der Waals surface area contributed by atoms with Gasteiger partial charge in [-0.1, -0.05) is 41.1 Å². The largest absolute Gasteiger partial charge is 0.353 e. The van der Waals surface area contributed by atoms with Crippen LogP contribution in [0.1, 0.15) is 38.7 Å². The average Bonchev–Trinajstić information content (AvgIpc) is 2.50. The standard InChI is InChI=1S/C18H27BrN2O.ClH/c1-13(16-7-5-9-20-12-16)10-18(22)21-14(2)11-15-6-3-4-8-17(15)19;/h3-4,6,8,13-14,16,20H,5,7,9-12H2,1-2H3,(H,21,22);1H. The van der Waals surface area contributed by atoms with Crippen molar-refractivity contribution in [2.45, 2.75) is 45.6 Å². The molecule has 0 saturated carbocycles. The summed E-state index contributed by atoms with van der Waals surface area (Å²) in [6.07, 6.45) is 3.96. The van der Waals surface area contributed by atoms with E-state index in [-0.39, 0.29) is 24.4 Å². The second-order valence-corrected chi connectivity index (χ2v) is 7.41. The van der Waals surface area contributed by atoms with Crippen molar-refractivity contribution in [2.75, 3.05) is 13.1 Å². The first-order valence-corrected chi connectivity index (χ1v) is 9.09. The van der Waals surface area contributed by atoms with Crippen molar-refractivity contribution in [3.63, 3.8) is 0 Å². The number of halogens is 2. The van der Waals surface area contributed by atoms with Crippen molar-refractivity contribution in [3.8, 4) is 0 Å². The molecule has 3 nitrogen and oxygen atoms in total. The van der Waals surface area contributed by atoms with Crippen LogP contribution in [0.3, 0.4) is 0 Å².